The standard InChI is InChI=1S/C17H23Cl2NO2/c1-10(2)13-6-4-11(3)8-16(13)22-17(21)20-12-5-7-14(18)15(19)9-12/h5,7,9-11,13,16H,4,6,8H2,1-3H3,(H,20,21)/t11-,13+,16+/m1/s1. The highest BCUT2D eigenvalue weighted by molar-refractivity contribution is 6.42. The van der Waals surface area contributed by atoms with Gasteiger partial charge in [-0.05, 0) is 48.8 Å². The first-order chi connectivity index (χ1) is 10.4. The first-order valence-corrected chi connectivity index (χ1v) is 8.55. The minimum Gasteiger partial charge on any atom is -0.446 e. The van der Waals surface area contributed by atoms with E-state index >= 15 is 0 Å². The zero-order valence-corrected chi connectivity index (χ0v) is 14.7. The molecule has 0 aromatic heterocycles. The zero-order chi connectivity index (χ0) is 16.3. The Hall–Kier alpha value is -0.930. The Morgan fingerprint density at radius 3 is 2.64 bits per heavy atom. The lowest BCUT2D eigenvalue weighted by Crippen LogP contribution is -2.36. The summed E-state index contributed by atoms with van der Waals surface area (Å²) in [4.78, 5) is 12.1. The van der Waals surface area contributed by atoms with Crippen molar-refractivity contribution in [3.05, 3.63) is 28.2 Å². The highest BCUT2D eigenvalue weighted by Crippen LogP contribution is 2.35. The van der Waals surface area contributed by atoms with Crippen LogP contribution < -0.4 is 5.32 Å². The summed E-state index contributed by atoms with van der Waals surface area (Å²) in [6, 6.07) is 4.98. The second kappa shape index (κ2) is 7.56. The molecule has 1 aromatic rings. The van der Waals surface area contributed by atoms with Gasteiger partial charge in [0.05, 0.1) is 10.0 Å². The second-order valence-electron chi connectivity index (χ2n) is 6.52. The van der Waals surface area contributed by atoms with Crippen LogP contribution in [0.5, 0.6) is 0 Å². The molecule has 3 atom stereocenters. The monoisotopic (exact) mass is 343 g/mol. The van der Waals surface area contributed by atoms with Gasteiger partial charge in [0.1, 0.15) is 6.10 Å². The van der Waals surface area contributed by atoms with E-state index in [1.807, 2.05) is 0 Å². The van der Waals surface area contributed by atoms with Crippen molar-refractivity contribution in [1.29, 1.82) is 0 Å². The molecule has 1 fully saturated rings. The fourth-order valence-corrected chi connectivity index (χ4v) is 3.41. The fraction of sp³-hybridized carbons (Fsp3) is 0.588. The summed E-state index contributed by atoms with van der Waals surface area (Å²) < 4.78 is 5.68. The number of ether oxygens (including phenoxy) is 1. The van der Waals surface area contributed by atoms with Gasteiger partial charge in [0.15, 0.2) is 0 Å². The van der Waals surface area contributed by atoms with E-state index in [1.165, 1.54) is 6.42 Å². The van der Waals surface area contributed by atoms with Gasteiger partial charge in [-0.15, -0.1) is 0 Å². The Bertz CT molecular complexity index is 533. The summed E-state index contributed by atoms with van der Waals surface area (Å²) in [5.74, 6) is 1.53. The van der Waals surface area contributed by atoms with Gasteiger partial charge in [-0.3, -0.25) is 5.32 Å². The van der Waals surface area contributed by atoms with E-state index in [0.29, 0.717) is 33.5 Å². The third-order valence-electron chi connectivity index (χ3n) is 4.39. The van der Waals surface area contributed by atoms with Gasteiger partial charge in [-0.25, -0.2) is 4.79 Å². The number of rotatable bonds is 3. The van der Waals surface area contributed by atoms with Gasteiger partial charge in [-0.1, -0.05) is 50.4 Å². The Labute approximate surface area is 142 Å². The number of nitrogens with one attached hydrogen (secondary N) is 1. The average Bonchev–Trinajstić information content (AvgIpc) is 2.42. The van der Waals surface area contributed by atoms with Gasteiger partial charge in [-0.2, -0.15) is 0 Å². The summed E-state index contributed by atoms with van der Waals surface area (Å²) in [5, 5.41) is 3.60. The summed E-state index contributed by atoms with van der Waals surface area (Å²) in [6.07, 6.45) is 2.80. The van der Waals surface area contributed by atoms with Crippen LogP contribution in [0, 0.1) is 17.8 Å². The molecule has 0 spiro atoms. The molecule has 122 valence electrons. The third kappa shape index (κ3) is 4.53. The first-order valence-electron chi connectivity index (χ1n) is 7.79. The lowest BCUT2D eigenvalue weighted by molar-refractivity contribution is 0.0126. The van der Waals surface area contributed by atoms with Crippen molar-refractivity contribution in [2.45, 2.75) is 46.1 Å². The molecule has 1 saturated carbocycles. The lowest BCUT2D eigenvalue weighted by atomic mass is 9.75. The van der Waals surface area contributed by atoms with Gasteiger partial charge in [0, 0.05) is 5.69 Å². The number of benzene rings is 1. The molecular weight excluding hydrogens is 321 g/mol. The molecule has 0 heterocycles. The summed E-state index contributed by atoms with van der Waals surface area (Å²) in [6.45, 7) is 6.59. The highest BCUT2D eigenvalue weighted by Gasteiger charge is 2.33. The molecule has 1 N–H and O–H groups in total. The van der Waals surface area contributed by atoms with E-state index in [-0.39, 0.29) is 6.10 Å². The van der Waals surface area contributed by atoms with Gasteiger partial charge in [0.2, 0.25) is 0 Å². The average molecular weight is 344 g/mol. The number of hydrogen-bond acceptors (Lipinski definition) is 2. The Balaban J connectivity index is 1.98. The van der Waals surface area contributed by atoms with E-state index < -0.39 is 6.09 Å². The van der Waals surface area contributed by atoms with Crippen molar-refractivity contribution < 1.29 is 9.53 Å². The van der Waals surface area contributed by atoms with E-state index in [9.17, 15) is 4.79 Å². The lowest BCUT2D eigenvalue weighted by Gasteiger charge is -2.36. The van der Waals surface area contributed by atoms with E-state index in [1.54, 1.807) is 18.2 Å². The molecule has 3 nitrogen and oxygen atoms in total. The maximum atomic E-state index is 12.1. The smallest absolute Gasteiger partial charge is 0.411 e. The molecule has 0 bridgehead atoms. The molecule has 2 rings (SSSR count). The molecule has 22 heavy (non-hydrogen) atoms. The van der Waals surface area contributed by atoms with Gasteiger partial charge < -0.3 is 4.74 Å². The van der Waals surface area contributed by atoms with Crippen LogP contribution in [0.25, 0.3) is 0 Å². The molecule has 1 aliphatic rings. The van der Waals surface area contributed by atoms with Crippen LogP contribution in [0.2, 0.25) is 10.0 Å². The van der Waals surface area contributed by atoms with Crippen LogP contribution >= 0.6 is 23.2 Å². The molecule has 5 heteroatoms. The normalized spacial score (nSPS) is 25.1. The molecule has 1 aliphatic carbocycles. The quantitative estimate of drug-likeness (QED) is 0.730. The van der Waals surface area contributed by atoms with E-state index in [0.717, 1.165) is 12.8 Å². The van der Waals surface area contributed by atoms with Crippen LogP contribution in [0.1, 0.15) is 40.0 Å². The number of halogens is 2. The van der Waals surface area contributed by atoms with Crippen LogP contribution in [-0.2, 0) is 4.74 Å². The Morgan fingerprint density at radius 1 is 1.27 bits per heavy atom. The maximum Gasteiger partial charge on any atom is 0.411 e. The van der Waals surface area contributed by atoms with Gasteiger partial charge >= 0.3 is 6.09 Å². The predicted molar refractivity (Wildman–Crippen MR) is 91.7 cm³/mol. The molecule has 0 radical (unpaired) electrons. The largest absolute Gasteiger partial charge is 0.446 e. The molecule has 0 aliphatic heterocycles. The van der Waals surface area contributed by atoms with E-state index in [2.05, 4.69) is 26.1 Å². The van der Waals surface area contributed by atoms with Crippen molar-refractivity contribution in [2.75, 3.05) is 5.32 Å². The molecular formula is C17H23Cl2NO2. The van der Waals surface area contributed by atoms with Crippen molar-refractivity contribution in [2.24, 2.45) is 17.8 Å². The van der Waals surface area contributed by atoms with Crippen LogP contribution in [-0.4, -0.2) is 12.2 Å². The zero-order valence-electron chi connectivity index (χ0n) is 13.2. The number of amides is 1. The predicted octanol–water partition coefficient (Wildman–Crippen LogP) is 6.00. The highest BCUT2D eigenvalue weighted by atomic mass is 35.5. The second-order valence-corrected chi connectivity index (χ2v) is 7.34. The van der Waals surface area contributed by atoms with E-state index in [4.69, 9.17) is 27.9 Å². The fourth-order valence-electron chi connectivity index (χ4n) is 3.11. The Kier molecular flexibility index (Phi) is 5.99. The molecule has 1 amide bonds. The van der Waals surface area contributed by atoms with Crippen LogP contribution in [0.3, 0.4) is 0 Å². The van der Waals surface area contributed by atoms with Crippen molar-refractivity contribution >= 4 is 35.0 Å². The molecule has 1 aromatic carbocycles. The number of carbonyl (C=O) groups is 1. The molecule has 0 unspecified atom stereocenters. The Morgan fingerprint density at radius 2 is 2.00 bits per heavy atom. The number of anilines is 1. The SMILES string of the molecule is CC(C)[C@@H]1CC[C@@H](C)C[C@@H]1OC(=O)Nc1ccc(Cl)c(Cl)c1. The number of carbonyl (C=O) groups excluding carboxylic acids is 1. The van der Waals surface area contributed by atoms with Crippen molar-refractivity contribution in [3.8, 4) is 0 Å². The summed E-state index contributed by atoms with van der Waals surface area (Å²) >= 11 is 11.8. The topological polar surface area (TPSA) is 38.3 Å². The summed E-state index contributed by atoms with van der Waals surface area (Å²) in [5.41, 5.74) is 0.587. The van der Waals surface area contributed by atoms with Crippen LogP contribution in [0.4, 0.5) is 10.5 Å². The van der Waals surface area contributed by atoms with Crippen molar-refractivity contribution in [3.63, 3.8) is 0 Å². The number of hydrogen-bond donors (Lipinski definition) is 1. The minimum absolute atomic E-state index is 0.0217. The third-order valence-corrected chi connectivity index (χ3v) is 5.12. The van der Waals surface area contributed by atoms with Gasteiger partial charge in [0.25, 0.3) is 0 Å². The van der Waals surface area contributed by atoms with Crippen LogP contribution in [0.15, 0.2) is 18.2 Å². The summed E-state index contributed by atoms with van der Waals surface area (Å²) in [7, 11) is 0. The van der Waals surface area contributed by atoms with Crippen molar-refractivity contribution in [1.82, 2.24) is 0 Å². The first kappa shape index (κ1) is 17.4. The maximum absolute atomic E-state index is 12.1. The minimum atomic E-state index is -0.428. The molecule has 0 saturated heterocycles.